The molecule has 19 heavy (non-hydrogen) atoms. The number of carboxylic acids is 1. The maximum atomic E-state index is 11.5. The van der Waals surface area contributed by atoms with Gasteiger partial charge in [0, 0.05) is 24.4 Å². The number of aromatic nitrogens is 1. The summed E-state index contributed by atoms with van der Waals surface area (Å²) in [5, 5.41) is 8.67. The summed E-state index contributed by atoms with van der Waals surface area (Å²) in [5.41, 5.74) is 6.21. The van der Waals surface area contributed by atoms with Crippen molar-refractivity contribution in [2.24, 2.45) is 11.7 Å². The van der Waals surface area contributed by atoms with Gasteiger partial charge in [0.05, 0.1) is 0 Å². The van der Waals surface area contributed by atoms with E-state index in [1.165, 1.54) is 0 Å². The van der Waals surface area contributed by atoms with Gasteiger partial charge in [-0.15, -0.1) is 0 Å². The van der Waals surface area contributed by atoms with Crippen LogP contribution in [0.5, 0.6) is 0 Å². The Hall–Kier alpha value is -1.95. The second-order valence-corrected chi connectivity index (χ2v) is 4.51. The molecule has 0 amide bonds. The average molecular weight is 266 g/mol. The Labute approximate surface area is 111 Å². The Bertz CT molecular complexity index is 422. The van der Waals surface area contributed by atoms with Crippen molar-refractivity contribution in [2.45, 2.75) is 32.4 Å². The smallest absolute Gasteiger partial charge is 0.320 e. The molecule has 6 nitrogen and oxygen atoms in total. The van der Waals surface area contributed by atoms with Crippen molar-refractivity contribution in [1.82, 2.24) is 4.98 Å². The largest absolute Gasteiger partial charge is 0.480 e. The molecule has 1 unspecified atom stereocenters. The topological polar surface area (TPSA) is 103 Å². The van der Waals surface area contributed by atoms with Crippen molar-refractivity contribution in [3.05, 3.63) is 30.1 Å². The molecule has 0 aliphatic heterocycles. The third-order valence-electron chi connectivity index (χ3n) is 2.61. The molecule has 1 aromatic rings. The normalized spacial score (nSPS) is 13.6. The molecule has 1 rings (SSSR count). The van der Waals surface area contributed by atoms with Crippen molar-refractivity contribution in [2.75, 3.05) is 0 Å². The number of nitrogens with two attached hydrogens (primary N) is 1. The number of ether oxygens (including phenoxy) is 1. The average Bonchev–Trinajstić information content (AvgIpc) is 2.37. The minimum Gasteiger partial charge on any atom is -0.480 e. The first kappa shape index (κ1) is 15.1. The molecule has 0 radical (unpaired) electrons. The quantitative estimate of drug-likeness (QED) is 0.712. The van der Waals surface area contributed by atoms with Gasteiger partial charge in [0.25, 0.3) is 0 Å². The summed E-state index contributed by atoms with van der Waals surface area (Å²) in [4.78, 5) is 26.0. The first-order valence-electron chi connectivity index (χ1n) is 6.02. The zero-order chi connectivity index (χ0) is 14.3. The summed E-state index contributed by atoms with van der Waals surface area (Å²) in [6, 6.07) is 2.63. The van der Waals surface area contributed by atoms with Crippen LogP contribution in [0.25, 0.3) is 0 Å². The number of carboxylic acid groups (broad SMARTS) is 1. The fourth-order valence-corrected chi connectivity index (χ4v) is 1.61. The number of esters is 1. The standard InChI is InChI=1S/C13H18N2O4/c1-9(5-11(14)13(17)18)6-12(16)19-8-10-3-2-4-15-7-10/h2-4,7,9,11H,5-6,8,14H2,1H3,(H,17,18)/t9?,11-/m0/s1. The second kappa shape index (κ2) is 7.48. The van der Waals surface area contributed by atoms with Gasteiger partial charge in [-0.05, 0) is 18.4 Å². The van der Waals surface area contributed by atoms with Crippen LogP contribution in [0.4, 0.5) is 0 Å². The van der Waals surface area contributed by atoms with Crippen LogP contribution in [-0.4, -0.2) is 28.1 Å². The summed E-state index contributed by atoms with van der Waals surface area (Å²) in [7, 11) is 0. The molecule has 0 spiro atoms. The van der Waals surface area contributed by atoms with Gasteiger partial charge >= 0.3 is 11.9 Å². The molecular weight excluding hydrogens is 248 g/mol. The minimum absolute atomic E-state index is 0.132. The molecule has 6 heteroatoms. The lowest BCUT2D eigenvalue weighted by molar-refractivity contribution is -0.146. The van der Waals surface area contributed by atoms with E-state index in [1.54, 1.807) is 25.4 Å². The van der Waals surface area contributed by atoms with E-state index in [0.29, 0.717) is 0 Å². The van der Waals surface area contributed by atoms with E-state index in [-0.39, 0.29) is 31.3 Å². The molecule has 0 aliphatic rings. The highest BCUT2D eigenvalue weighted by atomic mass is 16.5. The van der Waals surface area contributed by atoms with Crippen molar-refractivity contribution < 1.29 is 19.4 Å². The zero-order valence-electron chi connectivity index (χ0n) is 10.8. The van der Waals surface area contributed by atoms with Crippen LogP contribution >= 0.6 is 0 Å². The number of hydrogen-bond acceptors (Lipinski definition) is 5. The van der Waals surface area contributed by atoms with Crippen LogP contribution in [0.1, 0.15) is 25.3 Å². The van der Waals surface area contributed by atoms with E-state index in [4.69, 9.17) is 15.6 Å². The monoisotopic (exact) mass is 266 g/mol. The van der Waals surface area contributed by atoms with Crippen LogP contribution in [-0.2, 0) is 20.9 Å². The number of pyridine rings is 1. The van der Waals surface area contributed by atoms with Crippen LogP contribution in [0.15, 0.2) is 24.5 Å². The molecule has 1 aromatic heterocycles. The lowest BCUT2D eigenvalue weighted by Gasteiger charge is -2.13. The van der Waals surface area contributed by atoms with E-state index in [2.05, 4.69) is 4.98 Å². The summed E-state index contributed by atoms with van der Waals surface area (Å²) >= 11 is 0. The Balaban J connectivity index is 2.29. The molecule has 0 bridgehead atoms. The van der Waals surface area contributed by atoms with Gasteiger partial charge in [-0.3, -0.25) is 14.6 Å². The van der Waals surface area contributed by atoms with Crippen molar-refractivity contribution in [3.63, 3.8) is 0 Å². The number of carbonyl (C=O) groups is 2. The summed E-state index contributed by atoms with van der Waals surface area (Å²) < 4.78 is 5.07. The lowest BCUT2D eigenvalue weighted by atomic mass is 9.99. The summed E-state index contributed by atoms with van der Waals surface area (Å²) in [6.45, 7) is 1.94. The molecule has 3 N–H and O–H groups in total. The highest BCUT2D eigenvalue weighted by Crippen LogP contribution is 2.11. The number of aliphatic carboxylic acids is 1. The van der Waals surface area contributed by atoms with Crippen LogP contribution in [0.2, 0.25) is 0 Å². The number of carbonyl (C=O) groups excluding carboxylic acids is 1. The fourth-order valence-electron chi connectivity index (χ4n) is 1.61. The van der Waals surface area contributed by atoms with Gasteiger partial charge in [-0.1, -0.05) is 13.0 Å². The Morgan fingerprint density at radius 2 is 2.26 bits per heavy atom. The van der Waals surface area contributed by atoms with E-state index in [1.807, 2.05) is 6.07 Å². The second-order valence-electron chi connectivity index (χ2n) is 4.51. The SMILES string of the molecule is CC(CC(=O)OCc1cccnc1)C[C@H](N)C(=O)O. The maximum absolute atomic E-state index is 11.5. The van der Waals surface area contributed by atoms with Gasteiger partial charge in [0.1, 0.15) is 12.6 Å². The highest BCUT2D eigenvalue weighted by molar-refractivity contribution is 5.73. The third-order valence-corrected chi connectivity index (χ3v) is 2.61. The third kappa shape index (κ3) is 5.96. The predicted molar refractivity (Wildman–Crippen MR) is 68.0 cm³/mol. The Kier molecular flexibility index (Phi) is 5.95. The molecular formula is C13H18N2O4. The Morgan fingerprint density at radius 1 is 1.53 bits per heavy atom. The first-order valence-corrected chi connectivity index (χ1v) is 6.02. The van der Waals surface area contributed by atoms with E-state index < -0.39 is 12.0 Å². The molecule has 0 saturated heterocycles. The molecule has 0 fully saturated rings. The lowest BCUT2D eigenvalue weighted by Crippen LogP contribution is -2.32. The maximum Gasteiger partial charge on any atom is 0.320 e. The first-order chi connectivity index (χ1) is 8.99. The number of nitrogens with zero attached hydrogens (tertiary/aromatic N) is 1. The van der Waals surface area contributed by atoms with Gasteiger partial charge < -0.3 is 15.6 Å². The molecule has 0 aromatic carbocycles. The molecule has 2 atom stereocenters. The molecule has 0 saturated carbocycles. The molecule has 0 aliphatic carbocycles. The van der Waals surface area contributed by atoms with Crippen LogP contribution in [0.3, 0.4) is 0 Å². The predicted octanol–water partition coefficient (Wildman–Crippen LogP) is 0.953. The van der Waals surface area contributed by atoms with Gasteiger partial charge in [-0.25, -0.2) is 0 Å². The van der Waals surface area contributed by atoms with E-state index >= 15 is 0 Å². The van der Waals surface area contributed by atoms with Gasteiger partial charge in [-0.2, -0.15) is 0 Å². The van der Waals surface area contributed by atoms with Crippen molar-refractivity contribution in [3.8, 4) is 0 Å². The summed E-state index contributed by atoms with van der Waals surface area (Å²) in [6.07, 6.45) is 3.66. The van der Waals surface area contributed by atoms with Gasteiger partial charge in [0.2, 0.25) is 0 Å². The number of rotatable bonds is 7. The minimum atomic E-state index is -1.06. The zero-order valence-corrected chi connectivity index (χ0v) is 10.8. The van der Waals surface area contributed by atoms with E-state index in [0.717, 1.165) is 5.56 Å². The fraction of sp³-hybridized carbons (Fsp3) is 0.462. The molecule has 104 valence electrons. The van der Waals surface area contributed by atoms with Gasteiger partial charge in [0.15, 0.2) is 0 Å². The van der Waals surface area contributed by atoms with Crippen LogP contribution < -0.4 is 5.73 Å². The van der Waals surface area contributed by atoms with E-state index in [9.17, 15) is 9.59 Å². The highest BCUT2D eigenvalue weighted by Gasteiger charge is 2.18. The number of hydrogen-bond donors (Lipinski definition) is 2. The molecule has 1 heterocycles. The van der Waals surface area contributed by atoms with Crippen molar-refractivity contribution in [1.29, 1.82) is 0 Å². The van der Waals surface area contributed by atoms with Crippen LogP contribution in [0, 0.1) is 5.92 Å². The Morgan fingerprint density at radius 3 is 2.84 bits per heavy atom. The summed E-state index contributed by atoms with van der Waals surface area (Å²) in [5.74, 6) is -1.56. The van der Waals surface area contributed by atoms with Crippen molar-refractivity contribution >= 4 is 11.9 Å².